The fraction of sp³-hybridized carbons (Fsp3) is 0.375. The highest BCUT2D eigenvalue weighted by Gasteiger charge is 2.45. The molecule has 1 N–H and O–H groups in total. The standard InChI is InChI=1S/C24H26ClFN4O3/c1-23(2,3)33-22(31)30-11-24(4,12-30)15-9-14-18(10-19(15)32-5)27-13-28-21(14)29-17-8-6-7-16(25)20(17)26/h6-10,13H,11-12H2,1-5H3,(H,27,28,29). The minimum absolute atomic E-state index is 0.0185. The largest absolute Gasteiger partial charge is 0.496 e. The highest BCUT2D eigenvalue weighted by molar-refractivity contribution is 6.31. The maximum Gasteiger partial charge on any atom is 0.410 e. The van der Waals surface area contributed by atoms with E-state index in [9.17, 15) is 9.18 Å². The molecule has 1 saturated heterocycles. The summed E-state index contributed by atoms with van der Waals surface area (Å²) in [6, 6.07) is 8.49. The fourth-order valence-electron chi connectivity index (χ4n) is 3.97. The second kappa shape index (κ2) is 8.33. The van der Waals surface area contributed by atoms with Crippen molar-refractivity contribution in [3.63, 3.8) is 0 Å². The van der Waals surface area contributed by atoms with Gasteiger partial charge in [0.2, 0.25) is 0 Å². The van der Waals surface area contributed by atoms with Gasteiger partial charge in [0.1, 0.15) is 23.5 Å². The first kappa shape index (κ1) is 23.0. The molecular formula is C24H26ClFN4O3. The van der Waals surface area contributed by atoms with Crippen molar-refractivity contribution in [2.45, 2.75) is 38.7 Å². The lowest BCUT2D eigenvalue weighted by Crippen LogP contribution is -2.60. The number of rotatable bonds is 4. The lowest BCUT2D eigenvalue weighted by Gasteiger charge is -2.48. The summed E-state index contributed by atoms with van der Waals surface area (Å²) in [7, 11) is 1.60. The molecule has 4 rings (SSSR count). The van der Waals surface area contributed by atoms with Gasteiger partial charge in [-0.05, 0) is 39.0 Å². The summed E-state index contributed by atoms with van der Waals surface area (Å²) in [4.78, 5) is 22.8. The van der Waals surface area contributed by atoms with Crippen LogP contribution in [0.25, 0.3) is 10.9 Å². The number of methoxy groups -OCH3 is 1. The van der Waals surface area contributed by atoms with Crippen LogP contribution in [0.3, 0.4) is 0 Å². The molecule has 1 aliphatic heterocycles. The van der Waals surface area contributed by atoms with E-state index in [4.69, 9.17) is 21.1 Å². The highest BCUT2D eigenvalue weighted by atomic mass is 35.5. The Kier molecular flexibility index (Phi) is 5.82. The van der Waals surface area contributed by atoms with Crippen molar-refractivity contribution in [1.29, 1.82) is 0 Å². The van der Waals surface area contributed by atoms with Gasteiger partial charge in [-0.3, -0.25) is 0 Å². The number of amides is 1. The number of ether oxygens (including phenoxy) is 2. The van der Waals surface area contributed by atoms with Gasteiger partial charge in [-0.1, -0.05) is 24.6 Å². The molecule has 2 aromatic carbocycles. The first-order chi connectivity index (χ1) is 15.5. The molecule has 3 aromatic rings. The predicted molar refractivity (Wildman–Crippen MR) is 126 cm³/mol. The number of carbonyl (C=O) groups is 1. The molecule has 1 amide bonds. The number of benzene rings is 2. The van der Waals surface area contributed by atoms with E-state index in [1.54, 1.807) is 24.1 Å². The second-order valence-corrected chi connectivity index (χ2v) is 9.82. The molecule has 0 spiro atoms. The van der Waals surface area contributed by atoms with Crippen LogP contribution in [0.4, 0.5) is 20.7 Å². The molecular weight excluding hydrogens is 447 g/mol. The third-order valence-corrected chi connectivity index (χ3v) is 5.83. The number of fused-ring (bicyclic) bond motifs is 1. The van der Waals surface area contributed by atoms with Crippen molar-refractivity contribution >= 4 is 40.1 Å². The van der Waals surface area contributed by atoms with Gasteiger partial charge in [-0.25, -0.2) is 19.2 Å². The molecule has 1 aromatic heterocycles. The topological polar surface area (TPSA) is 76.6 Å². The van der Waals surface area contributed by atoms with Crippen molar-refractivity contribution < 1.29 is 18.7 Å². The average molecular weight is 473 g/mol. The average Bonchev–Trinajstić information content (AvgIpc) is 2.72. The predicted octanol–water partition coefficient (Wildman–Crippen LogP) is 5.68. The summed E-state index contributed by atoms with van der Waals surface area (Å²) in [5.41, 5.74) is 0.845. The summed E-state index contributed by atoms with van der Waals surface area (Å²) in [6.45, 7) is 8.53. The third kappa shape index (κ3) is 4.53. The molecule has 7 nitrogen and oxygen atoms in total. The van der Waals surface area contributed by atoms with Crippen LogP contribution in [0.15, 0.2) is 36.7 Å². The van der Waals surface area contributed by atoms with E-state index in [1.807, 2.05) is 32.9 Å². The summed E-state index contributed by atoms with van der Waals surface area (Å²) >= 11 is 5.92. The Morgan fingerprint density at radius 1 is 1.24 bits per heavy atom. The lowest BCUT2D eigenvalue weighted by atomic mass is 9.75. The van der Waals surface area contributed by atoms with E-state index < -0.39 is 11.4 Å². The molecule has 0 bridgehead atoms. The van der Waals surface area contributed by atoms with Crippen molar-refractivity contribution in [2.24, 2.45) is 0 Å². The lowest BCUT2D eigenvalue weighted by molar-refractivity contribution is -0.00686. The van der Waals surface area contributed by atoms with Crippen LogP contribution in [-0.4, -0.2) is 46.8 Å². The first-order valence-electron chi connectivity index (χ1n) is 10.5. The number of nitrogens with one attached hydrogen (secondary N) is 1. The number of likely N-dealkylation sites (tertiary alicyclic amines) is 1. The van der Waals surface area contributed by atoms with E-state index in [0.29, 0.717) is 35.6 Å². The van der Waals surface area contributed by atoms with Gasteiger partial charge < -0.3 is 19.7 Å². The Hall–Kier alpha value is -3.13. The minimum Gasteiger partial charge on any atom is -0.496 e. The number of hydrogen-bond acceptors (Lipinski definition) is 6. The van der Waals surface area contributed by atoms with E-state index >= 15 is 0 Å². The number of carbonyl (C=O) groups excluding carboxylic acids is 1. The van der Waals surface area contributed by atoms with Crippen molar-refractivity contribution in [2.75, 3.05) is 25.5 Å². The molecule has 1 fully saturated rings. The van der Waals surface area contributed by atoms with Crippen LogP contribution >= 0.6 is 11.6 Å². The van der Waals surface area contributed by atoms with Crippen LogP contribution in [0.2, 0.25) is 5.02 Å². The number of anilines is 2. The fourth-order valence-corrected chi connectivity index (χ4v) is 4.15. The molecule has 2 heterocycles. The first-order valence-corrected chi connectivity index (χ1v) is 10.9. The SMILES string of the molecule is COc1cc2ncnc(Nc3cccc(Cl)c3F)c2cc1C1(C)CN(C(=O)OC(C)(C)C)C1. The smallest absolute Gasteiger partial charge is 0.410 e. The zero-order valence-electron chi connectivity index (χ0n) is 19.2. The van der Waals surface area contributed by atoms with Gasteiger partial charge in [0.25, 0.3) is 0 Å². The molecule has 1 aliphatic rings. The third-order valence-electron chi connectivity index (χ3n) is 5.54. The van der Waals surface area contributed by atoms with Crippen molar-refractivity contribution in [3.05, 3.63) is 53.1 Å². The van der Waals surface area contributed by atoms with Gasteiger partial charge in [-0.15, -0.1) is 0 Å². The Morgan fingerprint density at radius 3 is 2.64 bits per heavy atom. The number of halogens is 2. The molecule has 174 valence electrons. The van der Waals surface area contributed by atoms with E-state index in [2.05, 4.69) is 22.2 Å². The molecule has 33 heavy (non-hydrogen) atoms. The van der Waals surface area contributed by atoms with Gasteiger partial charge in [0, 0.05) is 35.5 Å². The van der Waals surface area contributed by atoms with Crippen LogP contribution in [0.5, 0.6) is 5.75 Å². The molecule has 0 aliphatic carbocycles. The quantitative estimate of drug-likeness (QED) is 0.526. The zero-order chi connectivity index (χ0) is 24.0. The maximum absolute atomic E-state index is 14.5. The van der Waals surface area contributed by atoms with E-state index in [-0.39, 0.29) is 22.2 Å². The highest BCUT2D eigenvalue weighted by Crippen LogP contribution is 2.42. The summed E-state index contributed by atoms with van der Waals surface area (Å²) in [5.74, 6) is 0.544. The Balaban J connectivity index is 1.69. The Labute approximate surface area is 196 Å². The number of nitrogens with zero attached hydrogens (tertiary/aromatic N) is 3. The molecule has 9 heteroatoms. The summed E-state index contributed by atoms with van der Waals surface area (Å²) < 4.78 is 25.6. The number of hydrogen-bond donors (Lipinski definition) is 1. The number of aromatic nitrogens is 2. The van der Waals surface area contributed by atoms with Gasteiger partial charge in [0.05, 0.1) is 23.3 Å². The van der Waals surface area contributed by atoms with Crippen LogP contribution in [0.1, 0.15) is 33.3 Å². The minimum atomic E-state index is -0.558. The zero-order valence-corrected chi connectivity index (χ0v) is 20.0. The Morgan fingerprint density at radius 2 is 1.97 bits per heavy atom. The van der Waals surface area contributed by atoms with Gasteiger partial charge in [0.15, 0.2) is 5.82 Å². The summed E-state index contributed by atoms with van der Waals surface area (Å²) in [6.07, 6.45) is 1.06. The molecule has 0 unspecified atom stereocenters. The van der Waals surface area contributed by atoms with Crippen molar-refractivity contribution in [1.82, 2.24) is 14.9 Å². The molecule has 0 atom stereocenters. The van der Waals surface area contributed by atoms with Crippen molar-refractivity contribution in [3.8, 4) is 5.75 Å². The normalized spacial score (nSPS) is 15.2. The summed E-state index contributed by atoms with van der Waals surface area (Å²) in [5, 5.41) is 3.74. The van der Waals surface area contributed by atoms with Crippen LogP contribution in [0, 0.1) is 5.82 Å². The maximum atomic E-state index is 14.5. The molecule has 0 radical (unpaired) electrons. The van der Waals surface area contributed by atoms with E-state index in [0.717, 1.165) is 5.56 Å². The van der Waals surface area contributed by atoms with Gasteiger partial charge in [-0.2, -0.15) is 0 Å². The second-order valence-electron chi connectivity index (χ2n) is 9.42. The monoisotopic (exact) mass is 472 g/mol. The van der Waals surface area contributed by atoms with E-state index in [1.165, 1.54) is 12.4 Å². The van der Waals surface area contributed by atoms with Crippen LogP contribution < -0.4 is 10.1 Å². The molecule has 0 saturated carbocycles. The van der Waals surface area contributed by atoms with Gasteiger partial charge >= 0.3 is 6.09 Å². The Bertz CT molecular complexity index is 1220. The van der Waals surface area contributed by atoms with Crippen LogP contribution in [-0.2, 0) is 10.2 Å².